The van der Waals surface area contributed by atoms with E-state index in [9.17, 15) is 14.3 Å². The van der Waals surface area contributed by atoms with E-state index >= 15 is 0 Å². The Morgan fingerprint density at radius 2 is 2.25 bits per heavy atom. The Balaban J connectivity index is 2.63. The van der Waals surface area contributed by atoms with E-state index in [2.05, 4.69) is 5.10 Å². The van der Waals surface area contributed by atoms with E-state index in [4.69, 9.17) is 5.73 Å². The Morgan fingerprint density at radius 3 is 2.80 bits per heavy atom. The number of carboxylic acid groups (broad SMARTS) is 1. The molecule has 0 atom stereocenters. The van der Waals surface area contributed by atoms with Crippen LogP contribution in [-0.4, -0.2) is 26.6 Å². The maximum absolute atomic E-state index is 13.1. The number of nitrogen functional groups attached to an aromatic ring is 1. The molecule has 0 amide bonds. The van der Waals surface area contributed by atoms with Crippen molar-refractivity contribution in [3.63, 3.8) is 0 Å². The maximum atomic E-state index is 13.1. The van der Waals surface area contributed by atoms with Gasteiger partial charge in [0.05, 0.1) is 5.69 Å². The van der Waals surface area contributed by atoms with Gasteiger partial charge >= 0.3 is 5.97 Å². The van der Waals surface area contributed by atoms with E-state index < -0.39 is 5.97 Å². The fraction of sp³-hybridized carbons (Fsp3) is 0.231. The van der Waals surface area contributed by atoms with Gasteiger partial charge in [0.25, 0.3) is 0 Å². The molecule has 0 aliphatic rings. The molecule has 20 heavy (non-hydrogen) atoms. The molecule has 106 valence electrons. The number of nitrogens with zero attached hydrogens (tertiary/aromatic N) is 2. The first-order chi connectivity index (χ1) is 9.45. The number of rotatable bonds is 4. The van der Waals surface area contributed by atoms with Gasteiger partial charge < -0.3 is 10.8 Å². The van der Waals surface area contributed by atoms with Crippen molar-refractivity contribution in [1.29, 1.82) is 0 Å². The Bertz CT molecular complexity index is 670. The lowest BCUT2D eigenvalue weighted by molar-refractivity contribution is 0.0694. The molecular weight excluding hydrogens is 281 g/mol. The monoisotopic (exact) mass is 295 g/mol. The summed E-state index contributed by atoms with van der Waals surface area (Å²) in [4.78, 5) is 11.3. The number of anilines is 1. The number of hydrogen-bond acceptors (Lipinski definition) is 4. The molecule has 2 aromatic rings. The highest BCUT2D eigenvalue weighted by Gasteiger charge is 2.23. The quantitative estimate of drug-likeness (QED) is 0.848. The average Bonchev–Trinajstić information content (AvgIpc) is 2.67. The summed E-state index contributed by atoms with van der Waals surface area (Å²) in [6.07, 6.45) is 0. The van der Waals surface area contributed by atoms with Crippen LogP contribution in [0.5, 0.6) is 0 Å². The molecule has 0 saturated heterocycles. The van der Waals surface area contributed by atoms with E-state index in [1.54, 1.807) is 6.92 Å². The first-order valence-corrected chi connectivity index (χ1v) is 6.95. The lowest BCUT2D eigenvalue weighted by Gasteiger charge is -2.07. The van der Waals surface area contributed by atoms with Crippen LogP contribution in [0.15, 0.2) is 23.2 Å². The molecule has 0 radical (unpaired) electrons. The highest BCUT2D eigenvalue weighted by atomic mass is 32.2. The molecule has 1 aromatic heterocycles. The minimum atomic E-state index is -1.12. The van der Waals surface area contributed by atoms with Crippen molar-refractivity contribution in [3.8, 4) is 5.69 Å². The highest BCUT2D eigenvalue weighted by molar-refractivity contribution is 7.99. The zero-order chi connectivity index (χ0) is 14.9. The number of carboxylic acids is 1. The van der Waals surface area contributed by atoms with Gasteiger partial charge in [0, 0.05) is 0 Å². The molecule has 1 heterocycles. The standard InChI is InChI=1S/C13H14FN3O2S/c1-3-20-12-10(13(18)19)11(15)17(16-12)9-5-4-8(14)6-7(9)2/h4-6H,3,15H2,1-2H3,(H,18,19). The minimum absolute atomic E-state index is 0.0134. The van der Waals surface area contributed by atoms with E-state index in [0.717, 1.165) is 0 Å². The molecule has 1 aromatic carbocycles. The van der Waals surface area contributed by atoms with Gasteiger partial charge in [-0.2, -0.15) is 5.10 Å². The van der Waals surface area contributed by atoms with E-state index in [1.807, 2.05) is 6.92 Å². The van der Waals surface area contributed by atoms with Gasteiger partial charge in [0.2, 0.25) is 0 Å². The van der Waals surface area contributed by atoms with E-state index in [0.29, 0.717) is 22.0 Å². The van der Waals surface area contributed by atoms with Crippen molar-refractivity contribution in [2.75, 3.05) is 11.5 Å². The number of aryl methyl sites for hydroxylation is 1. The summed E-state index contributed by atoms with van der Waals surface area (Å²) in [6.45, 7) is 3.61. The fourth-order valence-corrected chi connectivity index (χ4v) is 2.64. The van der Waals surface area contributed by atoms with Crippen LogP contribution >= 0.6 is 11.8 Å². The Hall–Kier alpha value is -2.02. The lowest BCUT2D eigenvalue weighted by Crippen LogP contribution is -2.07. The predicted octanol–water partition coefficient (Wildman–Crippen LogP) is 2.71. The smallest absolute Gasteiger partial charge is 0.342 e. The molecule has 0 fully saturated rings. The van der Waals surface area contributed by atoms with Crippen LogP contribution in [0.1, 0.15) is 22.8 Å². The fourth-order valence-electron chi connectivity index (χ4n) is 1.89. The van der Waals surface area contributed by atoms with Crippen LogP contribution in [0.4, 0.5) is 10.2 Å². The molecule has 0 bridgehead atoms. The van der Waals surface area contributed by atoms with Crippen molar-refractivity contribution < 1.29 is 14.3 Å². The molecule has 0 aliphatic carbocycles. The summed E-state index contributed by atoms with van der Waals surface area (Å²) in [7, 11) is 0. The largest absolute Gasteiger partial charge is 0.477 e. The van der Waals surface area contributed by atoms with Gasteiger partial charge in [-0.3, -0.25) is 0 Å². The SMILES string of the molecule is CCSc1nn(-c2ccc(F)cc2C)c(N)c1C(=O)O. The Labute approximate surface area is 119 Å². The summed E-state index contributed by atoms with van der Waals surface area (Å²) >= 11 is 1.30. The topological polar surface area (TPSA) is 81.1 Å². The van der Waals surface area contributed by atoms with E-state index in [-0.39, 0.29) is 17.2 Å². The van der Waals surface area contributed by atoms with Gasteiger partial charge in [0.15, 0.2) is 0 Å². The third-order valence-electron chi connectivity index (χ3n) is 2.77. The summed E-state index contributed by atoms with van der Waals surface area (Å²) in [5.41, 5.74) is 7.07. The summed E-state index contributed by atoms with van der Waals surface area (Å²) < 4.78 is 14.5. The second kappa shape index (κ2) is 5.54. The van der Waals surface area contributed by atoms with Crippen LogP contribution in [0.25, 0.3) is 5.69 Å². The highest BCUT2D eigenvalue weighted by Crippen LogP contribution is 2.29. The van der Waals surface area contributed by atoms with Crippen molar-refractivity contribution in [2.45, 2.75) is 18.9 Å². The molecule has 0 saturated carbocycles. The zero-order valence-electron chi connectivity index (χ0n) is 11.1. The third-order valence-corrected chi connectivity index (χ3v) is 3.62. The molecule has 2 rings (SSSR count). The Morgan fingerprint density at radius 1 is 1.55 bits per heavy atom. The average molecular weight is 295 g/mol. The first kappa shape index (κ1) is 14.4. The van der Waals surface area contributed by atoms with Crippen molar-refractivity contribution in [2.24, 2.45) is 0 Å². The number of thioether (sulfide) groups is 1. The minimum Gasteiger partial charge on any atom is -0.477 e. The zero-order valence-corrected chi connectivity index (χ0v) is 11.9. The Kier molecular flexibility index (Phi) is 3.99. The number of nitrogens with two attached hydrogens (primary N) is 1. The van der Waals surface area contributed by atoms with Gasteiger partial charge in [-0.15, -0.1) is 11.8 Å². The first-order valence-electron chi connectivity index (χ1n) is 5.96. The van der Waals surface area contributed by atoms with Crippen LogP contribution in [0.3, 0.4) is 0 Å². The van der Waals surface area contributed by atoms with Crippen molar-refractivity contribution >= 4 is 23.5 Å². The third kappa shape index (κ3) is 2.49. The van der Waals surface area contributed by atoms with Crippen LogP contribution < -0.4 is 5.73 Å². The number of carbonyl (C=O) groups is 1. The van der Waals surface area contributed by atoms with Crippen LogP contribution in [0, 0.1) is 12.7 Å². The van der Waals surface area contributed by atoms with Crippen molar-refractivity contribution in [1.82, 2.24) is 9.78 Å². The maximum Gasteiger partial charge on any atom is 0.342 e. The number of benzene rings is 1. The van der Waals surface area contributed by atoms with Gasteiger partial charge in [-0.05, 0) is 36.4 Å². The predicted molar refractivity (Wildman–Crippen MR) is 76.0 cm³/mol. The lowest BCUT2D eigenvalue weighted by atomic mass is 10.2. The van der Waals surface area contributed by atoms with Gasteiger partial charge in [0.1, 0.15) is 22.2 Å². The summed E-state index contributed by atoms with van der Waals surface area (Å²) in [5.74, 6) is -0.759. The molecule has 7 heteroatoms. The molecular formula is C13H14FN3O2S. The molecule has 3 N–H and O–H groups in total. The van der Waals surface area contributed by atoms with Gasteiger partial charge in [-0.25, -0.2) is 13.9 Å². The molecule has 0 unspecified atom stereocenters. The van der Waals surface area contributed by atoms with E-state index in [1.165, 1.54) is 34.6 Å². The van der Waals surface area contributed by atoms with Crippen molar-refractivity contribution in [3.05, 3.63) is 35.1 Å². The second-order valence-electron chi connectivity index (χ2n) is 4.15. The number of aromatic nitrogens is 2. The number of hydrogen-bond donors (Lipinski definition) is 2. The van der Waals surface area contributed by atoms with Crippen LogP contribution in [-0.2, 0) is 0 Å². The number of aromatic carboxylic acids is 1. The van der Waals surface area contributed by atoms with Gasteiger partial charge in [-0.1, -0.05) is 6.92 Å². The molecule has 5 nitrogen and oxygen atoms in total. The second-order valence-corrected chi connectivity index (χ2v) is 5.40. The number of halogens is 1. The normalized spacial score (nSPS) is 10.8. The van der Waals surface area contributed by atoms with Crippen LogP contribution in [0.2, 0.25) is 0 Å². The summed E-state index contributed by atoms with van der Waals surface area (Å²) in [5, 5.41) is 13.8. The molecule has 0 spiro atoms. The summed E-state index contributed by atoms with van der Waals surface area (Å²) in [6, 6.07) is 4.17. The molecule has 0 aliphatic heterocycles.